The summed E-state index contributed by atoms with van der Waals surface area (Å²) in [5.74, 6) is 0.261. The van der Waals surface area contributed by atoms with E-state index in [-0.39, 0.29) is 0 Å². The van der Waals surface area contributed by atoms with Crippen molar-refractivity contribution in [1.29, 1.82) is 0 Å². The van der Waals surface area contributed by atoms with E-state index in [4.69, 9.17) is 10.2 Å². The number of carboxylic acid groups (broad SMARTS) is 1. The molecule has 0 fully saturated rings. The number of aliphatic carboxylic acids is 1. The Morgan fingerprint density at radius 1 is 0.679 bits per heavy atom. The van der Waals surface area contributed by atoms with Gasteiger partial charge < -0.3 is 10.2 Å². The summed E-state index contributed by atoms with van der Waals surface area (Å²) in [7, 11) is 0. The lowest BCUT2D eigenvalue weighted by Crippen LogP contribution is -1.93. The second-order valence-electron chi connectivity index (χ2n) is 8.47. The molecule has 28 heavy (non-hydrogen) atoms. The lowest BCUT2D eigenvalue weighted by Gasteiger charge is -2.07. The molecule has 0 spiro atoms. The van der Waals surface area contributed by atoms with Crippen molar-refractivity contribution in [2.75, 3.05) is 6.61 Å². The zero-order chi connectivity index (χ0) is 21.3. The van der Waals surface area contributed by atoms with Crippen LogP contribution in [0.15, 0.2) is 0 Å². The molecule has 0 aliphatic heterocycles. The SMILES string of the molecule is CCC(C)CCCCCCCCCO.CCCCCCCCCCCC(=O)O. The molecule has 0 saturated heterocycles. The number of hydrogen-bond acceptors (Lipinski definition) is 2. The zero-order valence-corrected chi connectivity index (χ0v) is 19.5. The Kier molecular flexibility index (Phi) is 28.0. The standard InChI is InChI=1S/C13H28O.C12H24O2/c1-3-13(2)11-9-7-5-4-6-8-10-12-14;1-2-3-4-5-6-7-8-9-10-11-12(13)14/h13-14H,3-12H2,1-2H3;2-11H2,1H3,(H,13,14). The van der Waals surface area contributed by atoms with Gasteiger partial charge in [0.05, 0.1) is 0 Å². The van der Waals surface area contributed by atoms with Crippen LogP contribution in [0.25, 0.3) is 0 Å². The van der Waals surface area contributed by atoms with Gasteiger partial charge in [-0.1, -0.05) is 124 Å². The highest BCUT2D eigenvalue weighted by Gasteiger charge is 1.98. The van der Waals surface area contributed by atoms with E-state index < -0.39 is 5.97 Å². The third-order valence-electron chi connectivity index (χ3n) is 5.55. The Bertz CT molecular complexity index is 292. The van der Waals surface area contributed by atoms with Gasteiger partial charge in [-0.05, 0) is 18.8 Å². The molecule has 1 unspecified atom stereocenters. The Morgan fingerprint density at radius 3 is 1.54 bits per heavy atom. The van der Waals surface area contributed by atoms with Gasteiger partial charge in [-0.15, -0.1) is 0 Å². The van der Waals surface area contributed by atoms with Crippen molar-refractivity contribution in [2.45, 2.75) is 143 Å². The van der Waals surface area contributed by atoms with E-state index in [1.54, 1.807) is 0 Å². The summed E-state index contributed by atoms with van der Waals surface area (Å²) in [6, 6.07) is 0. The smallest absolute Gasteiger partial charge is 0.303 e. The number of aliphatic hydroxyl groups is 1. The van der Waals surface area contributed by atoms with Gasteiger partial charge in [0.2, 0.25) is 0 Å². The van der Waals surface area contributed by atoms with Gasteiger partial charge in [0.1, 0.15) is 0 Å². The van der Waals surface area contributed by atoms with Crippen molar-refractivity contribution in [1.82, 2.24) is 0 Å². The first-order valence-corrected chi connectivity index (χ1v) is 12.4. The highest BCUT2D eigenvalue weighted by molar-refractivity contribution is 5.66. The molecule has 0 aliphatic rings. The summed E-state index contributed by atoms with van der Waals surface area (Å²) >= 11 is 0. The number of unbranched alkanes of at least 4 members (excludes halogenated alkanes) is 14. The minimum absolute atomic E-state index is 0.343. The lowest BCUT2D eigenvalue weighted by atomic mass is 10.00. The predicted molar refractivity (Wildman–Crippen MR) is 123 cm³/mol. The molecule has 0 bridgehead atoms. The van der Waals surface area contributed by atoms with Crippen LogP contribution in [-0.4, -0.2) is 22.8 Å². The third-order valence-corrected chi connectivity index (χ3v) is 5.55. The van der Waals surface area contributed by atoms with Crippen LogP contribution in [0.2, 0.25) is 0 Å². The van der Waals surface area contributed by atoms with E-state index in [0.717, 1.165) is 25.2 Å². The number of aliphatic hydroxyl groups excluding tert-OH is 1. The van der Waals surface area contributed by atoms with Gasteiger partial charge >= 0.3 is 5.97 Å². The molecule has 0 aliphatic carbocycles. The van der Waals surface area contributed by atoms with Crippen LogP contribution < -0.4 is 0 Å². The van der Waals surface area contributed by atoms with Crippen LogP contribution in [0, 0.1) is 5.92 Å². The topological polar surface area (TPSA) is 57.5 Å². The molecule has 0 radical (unpaired) electrons. The van der Waals surface area contributed by atoms with Crippen LogP contribution in [0.1, 0.15) is 143 Å². The van der Waals surface area contributed by atoms with Crippen LogP contribution in [0.5, 0.6) is 0 Å². The number of rotatable bonds is 20. The molecule has 0 saturated carbocycles. The van der Waals surface area contributed by atoms with E-state index in [9.17, 15) is 4.79 Å². The van der Waals surface area contributed by atoms with Crippen LogP contribution >= 0.6 is 0 Å². The highest BCUT2D eigenvalue weighted by atomic mass is 16.4. The molecular weight excluding hydrogens is 348 g/mol. The Balaban J connectivity index is 0. The monoisotopic (exact) mass is 400 g/mol. The summed E-state index contributed by atoms with van der Waals surface area (Å²) in [4.78, 5) is 10.2. The van der Waals surface area contributed by atoms with E-state index in [1.807, 2.05) is 0 Å². The number of carboxylic acids is 1. The number of carbonyl (C=O) groups is 1. The van der Waals surface area contributed by atoms with Crippen molar-refractivity contribution in [3.8, 4) is 0 Å². The Hall–Kier alpha value is -0.570. The fourth-order valence-corrected chi connectivity index (χ4v) is 3.28. The summed E-state index contributed by atoms with van der Waals surface area (Å²) in [5, 5.41) is 17.0. The van der Waals surface area contributed by atoms with E-state index >= 15 is 0 Å². The molecule has 0 rings (SSSR count). The molecule has 3 nitrogen and oxygen atoms in total. The molecule has 0 amide bonds. The fourth-order valence-electron chi connectivity index (χ4n) is 3.28. The molecule has 170 valence electrons. The van der Waals surface area contributed by atoms with Crippen LogP contribution in [0.3, 0.4) is 0 Å². The predicted octanol–water partition coefficient (Wildman–Crippen LogP) is 8.14. The zero-order valence-electron chi connectivity index (χ0n) is 19.5. The van der Waals surface area contributed by atoms with E-state index in [0.29, 0.717) is 13.0 Å². The minimum Gasteiger partial charge on any atom is -0.481 e. The van der Waals surface area contributed by atoms with Gasteiger partial charge in [0.25, 0.3) is 0 Å². The van der Waals surface area contributed by atoms with Crippen molar-refractivity contribution in [2.24, 2.45) is 5.92 Å². The van der Waals surface area contributed by atoms with Crippen molar-refractivity contribution in [3.05, 3.63) is 0 Å². The molecule has 0 heterocycles. The first kappa shape index (κ1) is 29.6. The second kappa shape index (κ2) is 26.4. The fraction of sp³-hybridized carbons (Fsp3) is 0.960. The summed E-state index contributed by atoms with van der Waals surface area (Å²) in [6.45, 7) is 7.22. The van der Waals surface area contributed by atoms with Crippen LogP contribution in [0.4, 0.5) is 0 Å². The third kappa shape index (κ3) is 30.2. The van der Waals surface area contributed by atoms with Crippen molar-refractivity contribution in [3.63, 3.8) is 0 Å². The highest BCUT2D eigenvalue weighted by Crippen LogP contribution is 2.14. The average Bonchev–Trinajstić information content (AvgIpc) is 2.68. The molecule has 2 N–H and O–H groups in total. The maximum atomic E-state index is 10.2. The maximum absolute atomic E-state index is 10.2. The number of hydrogen-bond donors (Lipinski definition) is 2. The summed E-state index contributed by atoms with van der Waals surface area (Å²) < 4.78 is 0. The molecule has 0 aromatic heterocycles. The van der Waals surface area contributed by atoms with Gasteiger partial charge in [-0.3, -0.25) is 4.79 Å². The van der Waals surface area contributed by atoms with E-state index in [1.165, 1.54) is 96.3 Å². The van der Waals surface area contributed by atoms with Gasteiger partial charge in [0, 0.05) is 13.0 Å². The van der Waals surface area contributed by atoms with Gasteiger partial charge in [-0.25, -0.2) is 0 Å². The van der Waals surface area contributed by atoms with Gasteiger partial charge in [0.15, 0.2) is 0 Å². The first-order chi connectivity index (χ1) is 13.6. The normalized spacial score (nSPS) is 11.7. The largest absolute Gasteiger partial charge is 0.481 e. The molecular formula is C25H52O3. The van der Waals surface area contributed by atoms with Crippen LogP contribution in [-0.2, 0) is 4.79 Å². The molecule has 3 heteroatoms. The lowest BCUT2D eigenvalue weighted by molar-refractivity contribution is -0.137. The molecule has 0 aromatic carbocycles. The van der Waals surface area contributed by atoms with E-state index in [2.05, 4.69) is 20.8 Å². The van der Waals surface area contributed by atoms with Crippen molar-refractivity contribution >= 4 is 5.97 Å². The van der Waals surface area contributed by atoms with Crippen molar-refractivity contribution < 1.29 is 15.0 Å². The average molecular weight is 401 g/mol. The Labute approximate surface area is 176 Å². The summed E-state index contributed by atoms with van der Waals surface area (Å²) in [5.41, 5.74) is 0. The summed E-state index contributed by atoms with van der Waals surface area (Å²) in [6.07, 6.45) is 23.3. The Morgan fingerprint density at radius 2 is 1.11 bits per heavy atom. The second-order valence-corrected chi connectivity index (χ2v) is 8.47. The van der Waals surface area contributed by atoms with Gasteiger partial charge in [-0.2, -0.15) is 0 Å². The molecule has 0 aromatic rings. The minimum atomic E-state index is -0.659. The first-order valence-electron chi connectivity index (χ1n) is 12.4. The quantitative estimate of drug-likeness (QED) is 0.203. The maximum Gasteiger partial charge on any atom is 0.303 e. The molecule has 1 atom stereocenters.